The molecule has 1 amide bonds. The topological polar surface area (TPSA) is 74.6 Å². The van der Waals surface area contributed by atoms with Crippen molar-refractivity contribution in [2.24, 2.45) is 5.41 Å². The van der Waals surface area contributed by atoms with E-state index in [0.29, 0.717) is 30.5 Å². The molecule has 2 saturated carbocycles. The molecule has 1 aromatic heterocycles. The number of likely N-dealkylation sites (tertiary alicyclic amines) is 1. The summed E-state index contributed by atoms with van der Waals surface area (Å²) in [7, 11) is 0. The number of amides is 1. The quantitative estimate of drug-likeness (QED) is 0.372. The molecule has 6 rings (SSSR count). The minimum Gasteiger partial charge on any atom is -0.395 e. The molecule has 3 aliphatic rings. The number of alkyl halides is 1. The highest BCUT2D eigenvalue weighted by Gasteiger charge is 2.50. The van der Waals surface area contributed by atoms with Gasteiger partial charge in [0.2, 0.25) is 0 Å². The van der Waals surface area contributed by atoms with Gasteiger partial charge in [0.05, 0.1) is 23.8 Å². The van der Waals surface area contributed by atoms with E-state index in [1.54, 1.807) is 13.0 Å². The second kappa shape index (κ2) is 10.9. The number of pyridine rings is 1. The van der Waals surface area contributed by atoms with E-state index in [4.69, 9.17) is 0 Å². The van der Waals surface area contributed by atoms with Crippen molar-refractivity contribution in [2.45, 2.75) is 51.1 Å². The highest BCUT2D eigenvalue weighted by Crippen LogP contribution is 2.54. The van der Waals surface area contributed by atoms with Gasteiger partial charge in [0.25, 0.3) is 11.5 Å². The number of hydrogen-bond donors (Lipinski definition) is 2. The molecule has 42 heavy (non-hydrogen) atoms. The van der Waals surface area contributed by atoms with Gasteiger partial charge in [-0.05, 0) is 80.0 Å². The molecular weight excluding hydrogens is 536 g/mol. The third kappa shape index (κ3) is 5.22. The minimum absolute atomic E-state index is 0.177. The van der Waals surface area contributed by atoms with E-state index in [2.05, 4.69) is 22.3 Å². The molecule has 2 aliphatic carbocycles. The van der Waals surface area contributed by atoms with Crippen LogP contribution in [0, 0.1) is 18.2 Å². The fourth-order valence-corrected chi connectivity index (χ4v) is 6.73. The average Bonchev–Trinajstić information content (AvgIpc) is 3.74. The molecule has 2 aromatic carbocycles. The number of benzene rings is 2. The van der Waals surface area contributed by atoms with E-state index in [-0.39, 0.29) is 35.3 Å². The van der Waals surface area contributed by atoms with Crippen molar-refractivity contribution in [3.05, 3.63) is 110 Å². The van der Waals surface area contributed by atoms with Crippen LogP contribution in [0.25, 0.3) is 5.57 Å². The summed E-state index contributed by atoms with van der Waals surface area (Å²) in [6, 6.07) is 16.0. The molecule has 1 aliphatic heterocycles. The van der Waals surface area contributed by atoms with E-state index in [1.165, 1.54) is 28.5 Å². The van der Waals surface area contributed by atoms with Crippen LogP contribution in [0.2, 0.25) is 0 Å². The summed E-state index contributed by atoms with van der Waals surface area (Å²) in [6.45, 7) is 5.81. The predicted octanol–water partition coefficient (Wildman–Crippen LogP) is 5.14. The van der Waals surface area contributed by atoms with Crippen LogP contribution in [0.15, 0.2) is 71.2 Å². The largest absolute Gasteiger partial charge is 0.395 e. The van der Waals surface area contributed by atoms with E-state index in [0.717, 1.165) is 48.2 Å². The van der Waals surface area contributed by atoms with Crippen molar-refractivity contribution >= 4 is 11.5 Å². The maximum atomic E-state index is 13.8. The van der Waals surface area contributed by atoms with E-state index in [1.807, 2.05) is 31.2 Å². The molecular formula is C34H37F2N3O3. The van der Waals surface area contributed by atoms with Crippen LogP contribution in [-0.2, 0) is 5.54 Å². The first kappa shape index (κ1) is 28.5. The normalized spacial score (nSPS) is 19.1. The number of aromatic nitrogens is 1. The van der Waals surface area contributed by atoms with Gasteiger partial charge in [0.15, 0.2) is 0 Å². The second-order valence-electron chi connectivity index (χ2n) is 12.5. The highest BCUT2D eigenvalue weighted by atomic mass is 19.1. The van der Waals surface area contributed by atoms with Gasteiger partial charge in [-0.15, -0.1) is 0 Å². The number of nitrogens with zero attached hydrogens (tertiary/aromatic N) is 2. The summed E-state index contributed by atoms with van der Waals surface area (Å²) in [5, 5.41) is 12.3. The Hall–Kier alpha value is -3.62. The average molecular weight is 574 g/mol. The Balaban J connectivity index is 1.20. The summed E-state index contributed by atoms with van der Waals surface area (Å²) in [5.41, 5.74) is 5.40. The molecule has 1 saturated heterocycles. The van der Waals surface area contributed by atoms with Crippen LogP contribution in [0.5, 0.6) is 0 Å². The Kier molecular flexibility index (Phi) is 7.39. The Labute approximate surface area is 244 Å². The summed E-state index contributed by atoms with van der Waals surface area (Å²) in [6.07, 6.45) is 4.65. The molecule has 2 N–H and O–H groups in total. The zero-order valence-electron chi connectivity index (χ0n) is 24.1. The lowest BCUT2D eigenvalue weighted by Gasteiger charge is -2.57. The first-order valence-corrected chi connectivity index (χ1v) is 14.7. The number of hydrogen-bond acceptors (Lipinski definition) is 4. The van der Waals surface area contributed by atoms with E-state index >= 15 is 0 Å². The first-order valence-electron chi connectivity index (χ1n) is 14.7. The van der Waals surface area contributed by atoms with Crippen molar-refractivity contribution in [3.8, 4) is 0 Å². The fraction of sp³-hybridized carbons (Fsp3) is 0.412. The first-order chi connectivity index (χ1) is 20.2. The zero-order valence-corrected chi connectivity index (χ0v) is 24.1. The Morgan fingerprint density at radius 2 is 1.64 bits per heavy atom. The molecule has 8 heteroatoms. The number of aliphatic hydroxyl groups excluding tert-OH is 1. The van der Waals surface area contributed by atoms with Crippen LogP contribution in [-0.4, -0.2) is 53.4 Å². The molecule has 0 unspecified atom stereocenters. The third-order valence-corrected chi connectivity index (χ3v) is 9.29. The Morgan fingerprint density at radius 1 is 1.02 bits per heavy atom. The van der Waals surface area contributed by atoms with Crippen molar-refractivity contribution in [1.29, 1.82) is 0 Å². The molecule has 0 bridgehead atoms. The summed E-state index contributed by atoms with van der Waals surface area (Å²) < 4.78 is 28.9. The number of allylic oxidation sites excluding steroid dienone is 1. The minimum atomic E-state index is -0.812. The summed E-state index contributed by atoms with van der Waals surface area (Å²) >= 11 is 0. The van der Waals surface area contributed by atoms with Crippen molar-refractivity contribution in [3.63, 3.8) is 0 Å². The Morgan fingerprint density at radius 3 is 2.21 bits per heavy atom. The second-order valence-corrected chi connectivity index (χ2v) is 12.5. The van der Waals surface area contributed by atoms with E-state index in [9.17, 15) is 23.5 Å². The number of aliphatic hydroxyl groups is 1. The molecule has 2 heterocycles. The van der Waals surface area contributed by atoms with Gasteiger partial charge in [0, 0.05) is 36.8 Å². The fourth-order valence-electron chi connectivity index (χ4n) is 6.73. The predicted molar refractivity (Wildman–Crippen MR) is 159 cm³/mol. The lowest BCUT2D eigenvalue weighted by molar-refractivity contribution is -0.0366. The molecule has 220 valence electrons. The van der Waals surface area contributed by atoms with Gasteiger partial charge in [-0.1, -0.05) is 42.0 Å². The lowest BCUT2D eigenvalue weighted by atomic mass is 9.59. The number of carbonyl (C=O) groups excluding carboxylic acids is 1. The van der Waals surface area contributed by atoms with Crippen molar-refractivity contribution in [1.82, 2.24) is 14.8 Å². The molecule has 0 radical (unpaired) electrons. The summed E-state index contributed by atoms with van der Waals surface area (Å²) in [4.78, 5) is 28.1. The SMILES string of the molecule is Cc1cc(C(=O)N[C@H](C)c2ccc(C(=C3CC4(C3)CN(CCO)C4)c3ccc(F)cc3)cc2)cn(C2(CF)CC2)c1=O. The number of rotatable bonds is 9. The molecule has 3 fully saturated rings. The van der Waals surface area contributed by atoms with Gasteiger partial charge >= 0.3 is 0 Å². The maximum Gasteiger partial charge on any atom is 0.254 e. The number of carbonyl (C=O) groups is 1. The van der Waals surface area contributed by atoms with Crippen molar-refractivity contribution in [2.75, 3.05) is 32.9 Å². The molecule has 6 nitrogen and oxygen atoms in total. The van der Waals surface area contributed by atoms with Crippen LogP contribution >= 0.6 is 0 Å². The number of nitrogens with one attached hydrogen (secondary N) is 1. The van der Waals surface area contributed by atoms with Gasteiger partial charge in [-0.2, -0.15) is 0 Å². The van der Waals surface area contributed by atoms with Crippen LogP contribution in [0.4, 0.5) is 8.78 Å². The number of aryl methyl sites for hydroxylation is 1. The molecule has 1 spiro atoms. The summed E-state index contributed by atoms with van der Waals surface area (Å²) in [5.74, 6) is -0.586. The van der Waals surface area contributed by atoms with Crippen LogP contribution in [0.3, 0.4) is 0 Å². The smallest absolute Gasteiger partial charge is 0.254 e. The molecule has 3 aromatic rings. The monoisotopic (exact) mass is 573 g/mol. The lowest BCUT2D eigenvalue weighted by Crippen LogP contribution is -2.60. The Bertz CT molecular complexity index is 1570. The van der Waals surface area contributed by atoms with Gasteiger partial charge in [0.1, 0.15) is 12.5 Å². The van der Waals surface area contributed by atoms with Crippen LogP contribution in [0.1, 0.15) is 71.3 Å². The standard InChI is InChI=1S/C34H37F2N3O3/c1-22-15-27(18-39(32(22)42)34(19-35)11-12-34)31(41)37-23(2)24-3-5-25(6-4-24)30(26-7-9-29(36)10-8-26)28-16-33(17-28)20-38(21-33)13-14-40/h3-10,15,18,23,40H,11-14,16-17,19-21H2,1-2H3,(H,37,41)/t23-/m1/s1. The highest BCUT2D eigenvalue weighted by molar-refractivity contribution is 5.94. The van der Waals surface area contributed by atoms with Gasteiger partial charge in [-0.3, -0.25) is 14.5 Å². The van der Waals surface area contributed by atoms with Gasteiger partial charge in [-0.25, -0.2) is 8.78 Å². The zero-order chi connectivity index (χ0) is 29.6. The van der Waals surface area contributed by atoms with E-state index < -0.39 is 12.2 Å². The van der Waals surface area contributed by atoms with Crippen LogP contribution < -0.4 is 10.9 Å². The third-order valence-electron chi connectivity index (χ3n) is 9.29. The van der Waals surface area contributed by atoms with Crippen molar-refractivity contribution < 1.29 is 18.7 Å². The number of halogens is 2. The van der Waals surface area contributed by atoms with Gasteiger partial charge < -0.3 is 15.0 Å². The molecule has 1 atom stereocenters. The maximum absolute atomic E-state index is 13.8. The number of β-amino-alcohol motifs (C(OH)–C–C–N with tert-alkyl or cyclic N) is 1.